The topological polar surface area (TPSA) is 0 Å². The van der Waals surface area contributed by atoms with Crippen molar-refractivity contribution in [1.29, 1.82) is 0 Å². The Morgan fingerprint density at radius 3 is 1.64 bits per heavy atom. The van der Waals surface area contributed by atoms with Crippen LogP contribution < -0.4 is 0 Å². The molecule has 108 valence electrons. The van der Waals surface area contributed by atoms with Gasteiger partial charge < -0.3 is 0 Å². The minimum Gasteiger partial charge on any atom is -0.143 e. The van der Waals surface area contributed by atoms with Gasteiger partial charge in [0.25, 0.3) is 0 Å². The van der Waals surface area contributed by atoms with Gasteiger partial charge >= 0.3 is 0 Å². The van der Waals surface area contributed by atoms with Crippen molar-refractivity contribution in [1.82, 2.24) is 0 Å². The van der Waals surface area contributed by atoms with Gasteiger partial charge in [0.05, 0.1) is 9.40 Å². The molecule has 0 bridgehead atoms. The predicted molar refractivity (Wildman–Crippen MR) is 106 cm³/mol. The molecule has 0 unspecified atom stereocenters. The van der Waals surface area contributed by atoms with Crippen LogP contribution in [-0.4, -0.2) is 0 Å². The molecule has 0 aromatic carbocycles. The minimum atomic E-state index is 1.16. The molecule has 1 aliphatic carbocycles. The summed E-state index contributed by atoms with van der Waals surface area (Å²) in [4.78, 5) is 3.02. The van der Waals surface area contributed by atoms with Crippen LogP contribution in [-0.2, 0) is 6.42 Å². The van der Waals surface area contributed by atoms with Crippen molar-refractivity contribution >= 4 is 75.5 Å². The van der Waals surface area contributed by atoms with Crippen molar-refractivity contribution in [3.8, 4) is 9.75 Å². The van der Waals surface area contributed by atoms with E-state index in [-0.39, 0.29) is 0 Å². The Kier molecular flexibility index (Phi) is 3.23. The Morgan fingerprint density at radius 1 is 0.591 bits per heavy atom. The van der Waals surface area contributed by atoms with E-state index >= 15 is 0 Å². The third-order valence-electron chi connectivity index (χ3n) is 3.77. The van der Waals surface area contributed by atoms with E-state index in [9.17, 15) is 0 Å². The Bertz CT molecular complexity index is 982. The monoisotopic (exact) mass is 374 g/mol. The zero-order chi connectivity index (χ0) is 14.5. The number of thiophene rings is 5. The summed E-state index contributed by atoms with van der Waals surface area (Å²) in [5, 5.41) is 8.71. The normalized spacial score (nSPS) is 12.4. The second-order valence-corrected chi connectivity index (χ2v) is 9.80. The van der Waals surface area contributed by atoms with Gasteiger partial charge in [-0.3, -0.25) is 0 Å². The van der Waals surface area contributed by atoms with Crippen molar-refractivity contribution in [2.24, 2.45) is 0 Å². The molecule has 0 nitrogen and oxygen atoms in total. The Hall–Kier alpha value is -0.980. The number of hydrogen-bond acceptors (Lipinski definition) is 5. The molecule has 5 heterocycles. The van der Waals surface area contributed by atoms with E-state index in [1.165, 1.54) is 39.7 Å². The maximum Gasteiger partial charge on any atom is 0.0629 e. The molecular weight excluding hydrogens is 365 g/mol. The summed E-state index contributed by atoms with van der Waals surface area (Å²) in [5.74, 6) is 0. The van der Waals surface area contributed by atoms with E-state index in [2.05, 4.69) is 45.8 Å². The minimum absolute atomic E-state index is 1.16. The van der Waals surface area contributed by atoms with Gasteiger partial charge in [-0.05, 0) is 56.9 Å². The van der Waals surface area contributed by atoms with E-state index in [1.807, 2.05) is 56.7 Å². The fraction of sp³-hybridized carbons (Fsp3) is 0.0588. The van der Waals surface area contributed by atoms with Crippen LogP contribution in [0.25, 0.3) is 28.6 Å². The first kappa shape index (κ1) is 13.5. The van der Waals surface area contributed by atoms with E-state index in [1.54, 1.807) is 0 Å². The second-order valence-electron chi connectivity index (χ2n) is 5.06. The summed E-state index contributed by atoms with van der Waals surface area (Å²) in [5.41, 5.74) is 3.05. The quantitative estimate of drug-likeness (QED) is 0.257. The summed E-state index contributed by atoms with van der Waals surface area (Å²) in [6, 6.07) is 8.90. The van der Waals surface area contributed by atoms with Gasteiger partial charge in [0.1, 0.15) is 0 Å². The summed E-state index contributed by atoms with van der Waals surface area (Å²) < 4.78 is 5.83. The first-order valence-corrected chi connectivity index (χ1v) is 11.2. The molecular formula is C17H10S5. The zero-order valence-corrected chi connectivity index (χ0v) is 15.4. The summed E-state index contributed by atoms with van der Waals surface area (Å²) in [6.45, 7) is 0. The standard InChI is InChI=1S/C9H6S2.C8H4S3/c1-3-10-8-6(1)5-7-2-4-11-9(7)8;1-3-9-7-5(1)11-6-2-4-10-8(6)7/h1-4H,5H2;1-4H. The molecule has 0 atom stereocenters. The molecule has 0 spiro atoms. The van der Waals surface area contributed by atoms with Crippen molar-refractivity contribution in [2.45, 2.75) is 6.42 Å². The SMILES string of the molecule is c1cc2c(s1)-c1sccc1C2.c1cc2sc3ccsc3c2s1. The molecule has 5 aromatic heterocycles. The van der Waals surface area contributed by atoms with E-state index in [4.69, 9.17) is 0 Å². The third kappa shape index (κ3) is 2.04. The van der Waals surface area contributed by atoms with Crippen LogP contribution in [0.3, 0.4) is 0 Å². The van der Waals surface area contributed by atoms with Gasteiger partial charge in [-0.2, -0.15) is 0 Å². The van der Waals surface area contributed by atoms with Gasteiger partial charge in [-0.15, -0.1) is 56.7 Å². The maximum atomic E-state index is 2.24. The van der Waals surface area contributed by atoms with Crippen molar-refractivity contribution < 1.29 is 0 Å². The smallest absolute Gasteiger partial charge is 0.0629 e. The second kappa shape index (κ2) is 5.28. The van der Waals surface area contributed by atoms with Crippen molar-refractivity contribution in [3.05, 3.63) is 56.9 Å². The van der Waals surface area contributed by atoms with Crippen LogP contribution in [0.2, 0.25) is 0 Å². The van der Waals surface area contributed by atoms with Gasteiger partial charge in [-0.25, -0.2) is 0 Å². The van der Waals surface area contributed by atoms with E-state index in [0.717, 1.165) is 6.42 Å². The molecule has 5 aromatic rings. The van der Waals surface area contributed by atoms with Crippen molar-refractivity contribution in [2.75, 3.05) is 0 Å². The molecule has 0 amide bonds. The first-order chi connectivity index (χ1) is 10.9. The summed E-state index contributed by atoms with van der Waals surface area (Å²) >= 11 is 9.33. The Morgan fingerprint density at radius 2 is 1.09 bits per heavy atom. The molecule has 0 N–H and O–H groups in total. The lowest BCUT2D eigenvalue weighted by Crippen LogP contribution is -1.72. The predicted octanol–water partition coefficient (Wildman–Crippen LogP) is 7.56. The highest BCUT2D eigenvalue weighted by atomic mass is 32.1. The van der Waals surface area contributed by atoms with Crippen LogP contribution in [0.4, 0.5) is 0 Å². The van der Waals surface area contributed by atoms with Gasteiger partial charge in [0.15, 0.2) is 0 Å². The van der Waals surface area contributed by atoms with Gasteiger partial charge in [-0.1, -0.05) is 0 Å². The van der Waals surface area contributed by atoms with Gasteiger partial charge in [0.2, 0.25) is 0 Å². The fourth-order valence-corrected chi connectivity index (χ4v) is 8.35. The Labute approximate surface area is 147 Å². The largest absolute Gasteiger partial charge is 0.143 e. The molecule has 0 saturated heterocycles. The van der Waals surface area contributed by atoms with E-state index < -0.39 is 0 Å². The number of fused-ring (bicyclic) bond motifs is 6. The Balaban J connectivity index is 0.000000102. The van der Waals surface area contributed by atoms with Crippen LogP contribution in [0.15, 0.2) is 45.8 Å². The van der Waals surface area contributed by atoms with Crippen LogP contribution in [0, 0.1) is 0 Å². The molecule has 1 aliphatic rings. The fourth-order valence-electron chi connectivity index (χ4n) is 2.76. The molecule has 0 saturated carbocycles. The van der Waals surface area contributed by atoms with Crippen molar-refractivity contribution in [3.63, 3.8) is 0 Å². The van der Waals surface area contributed by atoms with Crippen LogP contribution >= 0.6 is 56.7 Å². The third-order valence-corrected chi connectivity index (χ3v) is 9.21. The molecule has 0 radical (unpaired) electrons. The van der Waals surface area contributed by atoms with Crippen LogP contribution in [0.5, 0.6) is 0 Å². The van der Waals surface area contributed by atoms with Gasteiger partial charge in [0, 0.05) is 25.6 Å². The lowest BCUT2D eigenvalue weighted by Gasteiger charge is -1.84. The highest BCUT2D eigenvalue weighted by Gasteiger charge is 2.19. The average molecular weight is 375 g/mol. The molecule has 6 rings (SSSR count). The van der Waals surface area contributed by atoms with Crippen LogP contribution in [0.1, 0.15) is 11.1 Å². The number of rotatable bonds is 0. The molecule has 5 heteroatoms. The number of hydrogen-bond donors (Lipinski definition) is 0. The molecule has 0 aliphatic heterocycles. The lowest BCUT2D eigenvalue weighted by atomic mass is 10.2. The summed E-state index contributed by atoms with van der Waals surface area (Å²) in [6.07, 6.45) is 1.16. The maximum absolute atomic E-state index is 2.24. The first-order valence-electron chi connectivity index (χ1n) is 6.86. The highest BCUT2D eigenvalue weighted by Crippen LogP contribution is 2.43. The summed E-state index contributed by atoms with van der Waals surface area (Å²) in [7, 11) is 0. The zero-order valence-electron chi connectivity index (χ0n) is 11.4. The lowest BCUT2D eigenvalue weighted by molar-refractivity contribution is 1.28. The molecule has 0 fully saturated rings. The highest BCUT2D eigenvalue weighted by molar-refractivity contribution is 7.37. The molecule has 22 heavy (non-hydrogen) atoms. The van der Waals surface area contributed by atoms with E-state index in [0.29, 0.717) is 0 Å². The average Bonchev–Trinajstić information content (AvgIpc) is 3.27.